The molecule has 1 spiro atoms. The predicted octanol–water partition coefficient (Wildman–Crippen LogP) is 4.83. The molecule has 2 aliphatic rings. The maximum Gasteiger partial charge on any atom is 0.335 e. The molecular weight excluding hydrogens is 310 g/mol. The molecule has 2 fully saturated rings. The second-order valence-electron chi connectivity index (χ2n) is 7.43. The van der Waals surface area contributed by atoms with Crippen LogP contribution < -0.4 is 0 Å². The van der Waals surface area contributed by atoms with Crippen LogP contribution in [0.15, 0.2) is 18.2 Å². The molecule has 1 aliphatic carbocycles. The molecule has 126 valence electrons. The molecule has 0 bridgehead atoms. The Morgan fingerprint density at radius 3 is 2.78 bits per heavy atom. The molecule has 1 aromatic rings. The highest BCUT2D eigenvalue weighted by Crippen LogP contribution is 2.47. The van der Waals surface area contributed by atoms with Gasteiger partial charge in [-0.05, 0) is 60.9 Å². The summed E-state index contributed by atoms with van der Waals surface area (Å²) in [5.41, 5.74) is 1.72. The Labute approximate surface area is 143 Å². The SMILES string of the molecule is CC1CCN(Cc2cc(C(=O)O)ccc2Cl)CC12CCCCC2. The summed E-state index contributed by atoms with van der Waals surface area (Å²) in [6, 6.07) is 5.02. The van der Waals surface area contributed by atoms with E-state index in [4.69, 9.17) is 11.6 Å². The number of hydrogen-bond acceptors (Lipinski definition) is 2. The largest absolute Gasteiger partial charge is 0.478 e. The molecule has 0 amide bonds. The minimum Gasteiger partial charge on any atom is -0.478 e. The van der Waals surface area contributed by atoms with Crippen molar-refractivity contribution in [3.63, 3.8) is 0 Å². The standard InChI is InChI=1S/C19H26ClNO2/c1-14-7-10-21(13-19(14)8-3-2-4-9-19)12-16-11-15(18(22)23)5-6-17(16)20/h5-6,11,14H,2-4,7-10,12-13H2,1H3,(H,22,23). The van der Waals surface area contributed by atoms with E-state index >= 15 is 0 Å². The van der Waals surface area contributed by atoms with Crippen molar-refractivity contribution < 1.29 is 9.90 Å². The molecular formula is C19H26ClNO2. The van der Waals surface area contributed by atoms with Crippen molar-refractivity contribution in [3.05, 3.63) is 34.3 Å². The highest BCUT2D eigenvalue weighted by atomic mass is 35.5. The molecule has 3 nitrogen and oxygen atoms in total. The van der Waals surface area contributed by atoms with Crippen molar-refractivity contribution in [2.75, 3.05) is 13.1 Å². The van der Waals surface area contributed by atoms with Crippen molar-refractivity contribution in [2.24, 2.45) is 11.3 Å². The van der Waals surface area contributed by atoms with Crippen LogP contribution in [-0.4, -0.2) is 29.1 Å². The Balaban J connectivity index is 1.75. The number of likely N-dealkylation sites (tertiary alicyclic amines) is 1. The zero-order valence-electron chi connectivity index (χ0n) is 13.9. The predicted molar refractivity (Wildman–Crippen MR) is 93.0 cm³/mol. The lowest BCUT2D eigenvalue weighted by atomic mass is 9.63. The Morgan fingerprint density at radius 1 is 1.35 bits per heavy atom. The number of carboxylic acid groups (broad SMARTS) is 1. The van der Waals surface area contributed by atoms with Crippen LogP contribution in [0.25, 0.3) is 0 Å². The van der Waals surface area contributed by atoms with E-state index < -0.39 is 5.97 Å². The van der Waals surface area contributed by atoms with E-state index in [-0.39, 0.29) is 0 Å². The van der Waals surface area contributed by atoms with Gasteiger partial charge in [-0.2, -0.15) is 0 Å². The molecule has 1 unspecified atom stereocenters. The third kappa shape index (κ3) is 3.56. The highest BCUT2D eigenvalue weighted by Gasteiger charge is 2.41. The van der Waals surface area contributed by atoms with Crippen LogP contribution in [0.5, 0.6) is 0 Å². The molecule has 1 aromatic carbocycles. The summed E-state index contributed by atoms with van der Waals surface area (Å²) in [4.78, 5) is 13.7. The number of carboxylic acids is 1. The number of benzene rings is 1. The van der Waals surface area contributed by atoms with Gasteiger partial charge in [0.15, 0.2) is 0 Å². The second kappa shape index (κ2) is 6.82. The third-order valence-electron chi connectivity index (χ3n) is 6.00. The Kier molecular flexibility index (Phi) is 4.98. The zero-order valence-corrected chi connectivity index (χ0v) is 14.6. The summed E-state index contributed by atoms with van der Waals surface area (Å²) in [6.07, 6.45) is 8.00. The molecule has 1 N–H and O–H groups in total. The fourth-order valence-electron chi connectivity index (χ4n) is 4.47. The number of halogens is 1. The van der Waals surface area contributed by atoms with E-state index in [0.717, 1.165) is 31.1 Å². The van der Waals surface area contributed by atoms with Gasteiger partial charge in [-0.3, -0.25) is 4.90 Å². The number of hydrogen-bond donors (Lipinski definition) is 1. The topological polar surface area (TPSA) is 40.5 Å². The molecule has 1 atom stereocenters. The van der Waals surface area contributed by atoms with Gasteiger partial charge in [-0.1, -0.05) is 37.8 Å². The smallest absolute Gasteiger partial charge is 0.335 e. The number of rotatable bonds is 3. The van der Waals surface area contributed by atoms with Gasteiger partial charge in [-0.15, -0.1) is 0 Å². The van der Waals surface area contributed by atoms with Crippen LogP contribution in [0, 0.1) is 11.3 Å². The lowest BCUT2D eigenvalue weighted by molar-refractivity contribution is 0.000800. The lowest BCUT2D eigenvalue weighted by Gasteiger charge is -2.49. The summed E-state index contributed by atoms with van der Waals surface area (Å²) in [5.74, 6) is -0.0983. The first-order valence-corrected chi connectivity index (χ1v) is 9.12. The van der Waals surface area contributed by atoms with Crippen LogP contribution in [0.1, 0.15) is 61.4 Å². The van der Waals surface area contributed by atoms with E-state index in [9.17, 15) is 9.90 Å². The molecule has 4 heteroatoms. The van der Waals surface area contributed by atoms with Crippen LogP contribution in [0.3, 0.4) is 0 Å². The first kappa shape index (κ1) is 16.8. The average molecular weight is 336 g/mol. The first-order chi connectivity index (χ1) is 11.0. The second-order valence-corrected chi connectivity index (χ2v) is 7.84. The van der Waals surface area contributed by atoms with Gasteiger partial charge < -0.3 is 5.11 Å². The minimum absolute atomic E-state index is 0.321. The lowest BCUT2D eigenvalue weighted by Crippen LogP contribution is -2.48. The first-order valence-electron chi connectivity index (χ1n) is 8.74. The Bertz CT molecular complexity index is 581. The molecule has 1 saturated heterocycles. The maximum atomic E-state index is 11.2. The van der Waals surface area contributed by atoms with Crippen LogP contribution >= 0.6 is 11.6 Å². The van der Waals surface area contributed by atoms with Gasteiger partial charge in [-0.25, -0.2) is 4.79 Å². The molecule has 0 radical (unpaired) electrons. The van der Waals surface area contributed by atoms with E-state index in [1.807, 2.05) is 0 Å². The summed E-state index contributed by atoms with van der Waals surface area (Å²) >= 11 is 6.31. The van der Waals surface area contributed by atoms with Crippen LogP contribution in [-0.2, 0) is 6.54 Å². The minimum atomic E-state index is -0.890. The number of nitrogens with zero attached hydrogens (tertiary/aromatic N) is 1. The van der Waals surface area contributed by atoms with Gasteiger partial charge in [0.2, 0.25) is 0 Å². The number of aromatic carboxylic acids is 1. The number of carbonyl (C=O) groups is 1. The van der Waals surface area contributed by atoms with Gasteiger partial charge >= 0.3 is 5.97 Å². The monoisotopic (exact) mass is 335 g/mol. The fourth-order valence-corrected chi connectivity index (χ4v) is 4.65. The van der Waals surface area contributed by atoms with Crippen molar-refractivity contribution in [2.45, 2.75) is 52.0 Å². The van der Waals surface area contributed by atoms with Gasteiger partial charge in [0.05, 0.1) is 5.56 Å². The molecule has 3 rings (SSSR count). The molecule has 1 heterocycles. The number of piperidine rings is 1. The maximum absolute atomic E-state index is 11.2. The van der Waals surface area contributed by atoms with E-state index in [2.05, 4.69) is 11.8 Å². The van der Waals surface area contributed by atoms with Gasteiger partial charge in [0.25, 0.3) is 0 Å². The normalized spacial score (nSPS) is 24.7. The van der Waals surface area contributed by atoms with E-state index in [1.54, 1.807) is 18.2 Å². The Hall–Kier alpha value is -1.06. The quantitative estimate of drug-likeness (QED) is 0.860. The van der Waals surface area contributed by atoms with Crippen molar-refractivity contribution >= 4 is 17.6 Å². The van der Waals surface area contributed by atoms with Crippen molar-refractivity contribution in [3.8, 4) is 0 Å². The third-order valence-corrected chi connectivity index (χ3v) is 6.37. The van der Waals surface area contributed by atoms with E-state index in [1.165, 1.54) is 38.5 Å². The van der Waals surface area contributed by atoms with E-state index in [0.29, 0.717) is 16.0 Å². The molecule has 0 aromatic heterocycles. The van der Waals surface area contributed by atoms with Crippen molar-refractivity contribution in [1.29, 1.82) is 0 Å². The van der Waals surface area contributed by atoms with Crippen LogP contribution in [0.4, 0.5) is 0 Å². The van der Waals surface area contributed by atoms with Gasteiger partial charge in [0.1, 0.15) is 0 Å². The molecule has 1 saturated carbocycles. The summed E-state index contributed by atoms with van der Waals surface area (Å²) in [5, 5.41) is 9.86. The van der Waals surface area contributed by atoms with Crippen molar-refractivity contribution in [1.82, 2.24) is 4.90 Å². The molecule has 1 aliphatic heterocycles. The van der Waals surface area contributed by atoms with Crippen LogP contribution in [0.2, 0.25) is 5.02 Å². The summed E-state index contributed by atoms with van der Waals surface area (Å²) in [7, 11) is 0. The highest BCUT2D eigenvalue weighted by molar-refractivity contribution is 6.31. The fraction of sp³-hybridized carbons (Fsp3) is 0.632. The zero-order chi connectivity index (χ0) is 16.4. The van der Waals surface area contributed by atoms with Gasteiger partial charge in [0, 0.05) is 18.1 Å². The Morgan fingerprint density at radius 2 is 2.09 bits per heavy atom. The summed E-state index contributed by atoms with van der Waals surface area (Å²) < 4.78 is 0. The summed E-state index contributed by atoms with van der Waals surface area (Å²) in [6.45, 7) is 5.38. The average Bonchev–Trinajstić information content (AvgIpc) is 2.54. The molecule has 23 heavy (non-hydrogen) atoms.